The number of hydrogen-bond donors (Lipinski definition) is 1. The van der Waals surface area contributed by atoms with Gasteiger partial charge in [-0.15, -0.1) is 0 Å². The Bertz CT molecular complexity index is 217. The number of fused-ring (bicyclic) bond motifs is 2. The number of hydrogen-bond acceptors (Lipinski definition) is 2. The van der Waals surface area contributed by atoms with Gasteiger partial charge in [-0.05, 0) is 31.1 Å². The Hall–Kier alpha value is -0.570. The van der Waals surface area contributed by atoms with Crippen molar-refractivity contribution in [2.45, 2.75) is 25.7 Å². The molecule has 3 nitrogen and oxygen atoms in total. The molecule has 0 saturated heterocycles. The van der Waals surface area contributed by atoms with Crippen LogP contribution in [0.4, 0.5) is 0 Å². The van der Waals surface area contributed by atoms with Crippen LogP contribution in [0, 0.1) is 17.8 Å². The highest BCUT2D eigenvalue weighted by atomic mass is 16.5. The molecule has 0 heterocycles. The molecule has 0 aromatic carbocycles. The SMILES string of the molecule is COCCNC(=O)C1CC2CCC1C2. The first-order chi connectivity index (χ1) is 6.81. The second-order valence-corrected chi connectivity index (χ2v) is 4.57. The molecule has 2 aliphatic rings. The summed E-state index contributed by atoms with van der Waals surface area (Å²) in [5.74, 6) is 2.10. The molecule has 14 heavy (non-hydrogen) atoms. The number of carbonyl (C=O) groups excluding carboxylic acids is 1. The molecule has 0 aromatic heterocycles. The summed E-state index contributed by atoms with van der Waals surface area (Å²) in [5, 5.41) is 2.95. The van der Waals surface area contributed by atoms with Crippen molar-refractivity contribution in [1.82, 2.24) is 5.32 Å². The molecule has 80 valence electrons. The van der Waals surface area contributed by atoms with Crippen molar-refractivity contribution >= 4 is 5.91 Å². The van der Waals surface area contributed by atoms with Crippen LogP contribution in [-0.4, -0.2) is 26.2 Å². The van der Waals surface area contributed by atoms with Gasteiger partial charge in [0, 0.05) is 19.6 Å². The third-order valence-corrected chi connectivity index (χ3v) is 3.68. The van der Waals surface area contributed by atoms with Crippen LogP contribution in [-0.2, 0) is 9.53 Å². The smallest absolute Gasteiger partial charge is 0.223 e. The van der Waals surface area contributed by atoms with E-state index in [-0.39, 0.29) is 5.91 Å². The van der Waals surface area contributed by atoms with Gasteiger partial charge in [-0.3, -0.25) is 4.79 Å². The van der Waals surface area contributed by atoms with E-state index in [1.54, 1.807) is 7.11 Å². The van der Waals surface area contributed by atoms with Crippen molar-refractivity contribution in [2.75, 3.05) is 20.3 Å². The van der Waals surface area contributed by atoms with Gasteiger partial charge in [0.2, 0.25) is 5.91 Å². The number of methoxy groups -OCH3 is 1. The predicted octanol–water partition coefficient (Wildman–Crippen LogP) is 1.19. The molecule has 2 rings (SSSR count). The third kappa shape index (κ3) is 1.92. The minimum Gasteiger partial charge on any atom is -0.383 e. The molecule has 2 fully saturated rings. The number of rotatable bonds is 4. The number of carbonyl (C=O) groups is 1. The third-order valence-electron chi connectivity index (χ3n) is 3.68. The van der Waals surface area contributed by atoms with Crippen molar-refractivity contribution in [3.8, 4) is 0 Å². The minimum absolute atomic E-state index is 0.259. The summed E-state index contributed by atoms with van der Waals surface area (Å²) in [4.78, 5) is 11.7. The van der Waals surface area contributed by atoms with Gasteiger partial charge in [0.1, 0.15) is 0 Å². The molecule has 1 amide bonds. The second kappa shape index (κ2) is 4.30. The molecule has 3 atom stereocenters. The standard InChI is InChI=1S/C11H19NO2/c1-14-5-4-12-11(13)10-7-8-2-3-9(10)6-8/h8-10H,2-7H2,1H3,(H,12,13). The van der Waals surface area contributed by atoms with Crippen LogP contribution in [0.25, 0.3) is 0 Å². The number of ether oxygens (including phenoxy) is 1. The second-order valence-electron chi connectivity index (χ2n) is 4.57. The van der Waals surface area contributed by atoms with Gasteiger partial charge in [-0.1, -0.05) is 6.42 Å². The molecule has 2 saturated carbocycles. The van der Waals surface area contributed by atoms with Crippen molar-refractivity contribution < 1.29 is 9.53 Å². The maximum atomic E-state index is 11.7. The predicted molar refractivity (Wildman–Crippen MR) is 53.8 cm³/mol. The van der Waals surface area contributed by atoms with Crippen LogP contribution >= 0.6 is 0 Å². The van der Waals surface area contributed by atoms with E-state index in [1.807, 2.05) is 0 Å². The molecule has 0 aromatic rings. The van der Waals surface area contributed by atoms with E-state index in [9.17, 15) is 4.79 Å². The topological polar surface area (TPSA) is 38.3 Å². The monoisotopic (exact) mass is 197 g/mol. The van der Waals surface area contributed by atoms with Gasteiger partial charge in [-0.25, -0.2) is 0 Å². The Labute approximate surface area is 85.2 Å². The molecular weight excluding hydrogens is 178 g/mol. The summed E-state index contributed by atoms with van der Waals surface area (Å²) in [6, 6.07) is 0. The fraction of sp³-hybridized carbons (Fsp3) is 0.909. The molecule has 3 unspecified atom stereocenters. The lowest BCUT2D eigenvalue weighted by Crippen LogP contribution is -2.35. The first-order valence-corrected chi connectivity index (χ1v) is 5.58. The molecule has 2 bridgehead atoms. The zero-order chi connectivity index (χ0) is 9.97. The van der Waals surface area contributed by atoms with E-state index in [0.717, 1.165) is 12.3 Å². The zero-order valence-electron chi connectivity index (χ0n) is 8.79. The zero-order valence-corrected chi connectivity index (χ0v) is 8.79. The molecule has 2 aliphatic carbocycles. The van der Waals surface area contributed by atoms with E-state index in [4.69, 9.17) is 4.74 Å². The lowest BCUT2D eigenvalue weighted by molar-refractivity contribution is -0.126. The first kappa shape index (κ1) is 9.97. The molecule has 1 N–H and O–H groups in total. The van der Waals surface area contributed by atoms with Crippen molar-refractivity contribution in [2.24, 2.45) is 17.8 Å². The number of amides is 1. The fourth-order valence-corrected chi connectivity index (χ4v) is 2.97. The molecule has 0 spiro atoms. The lowest BCUT2D eigenvalue weighted by Gasteiger charge is -2.20. The average Bonchev–Trinajstić information content (AvgIpc) is 2.79. The molecule has 0 radical (unpaired) electrons. The van der Waals surface area contributed by atoms with Gasteiger partial charge in [0.05, 0.1) is 6.61 Å². The van der Waals surface area contributed by atoms with Crippen LogP contribution in [0.2, 0.25) is 0 Å². The maximum Gasteiger partial charge on any atom is 0.223 e. The van der Waals surface area contributed by atoms with Crippen molar-refractivity contribution in [3.63, 3.8) is 0 Å². The minimum atomic E-state index is 0.259. The van der Waals surface area contributed by atoms with E-state index in [2.05, 4.69) is 5.32 Å². The lowest BCUT2D eigenvalue weighted by atomic mass is 9.88. The highest BCUT2D eigenvalue weighted by Crippen LogP contribution is 2.48. The Morgan fingerprint density at radius 3 is 2.86 bits per heavy atom. The van der Waals surface area contributed by atoms with E-state index >= 15 is 0 Å². The van der Waals surface area contributed by atoms with Crippen LogP contribution in [0.3, 0.4) is 0 Å². The fourth-order valence-electron chi connectivity index (χ4n) is 2.97. The average molecular weight is 197 g/mol. The largest absolute Gasteiger partial charge is 0.383 e. The summed E-state index contributed by atoms with van der Waals surface area (Å²) in [6.45, 7) is 1.27. The Morgan fingerprint density at radius 2 is 2.29 bits per heavy atom. The first-order valence-electron chi connectivity index (χ1n) is 5.58. The summed E-state index contributed by atoms with van der Waals surface area (Å²) < 4.78 is 4.90. The molecule has 3 heteroatoms. The summed E-state index contributed by atoms with van der Waals surface area (Å²) in [6.07, 6.45) is 5.05. The van der Waals surface area contributed by atoms with Crippen LogP contribution in [0.5, 0.6) is 0 Å². The van der Waals surface area contributed by atoms with Crippen LogP contribution in [0.1, 0.15) is 25.7 Å². The molecule has 0 aliphatic heterocycles. The maximum absolute atomic E-state index is 11.7. The Morgan fingerprint density at radius 1 is 1.43 bits per heavy atom. The van der Waals surface area contributed by atoms with Crippen LogP contribution < -0.4 is 5.32 Å². The van der Waals surface area contributed by atoms with Gasteiger partial charge >= 0.3 is 0 Å². The quantitative estimate of drug-likeness (QED) is 0.687. The van der Waals surface area contributed by atoms with Crippen molar-refractivity contribution in [3.05, 3.63) is 0 Å². The summed E-state index contributed by atoms with van der Waals surface area (Å²) >= 11 is 0. The highest BCUT2D eigenvalue weighted by molar-refractivity contribution is 5.79. The van der Waals surface area contributed by atoms with Crippen molar-refractivity contribution in [1.29, 1.82) is 0 Å². The van der Waals surface area contributed by atoms with Gasteiger partial charge in [-0.2, -0.15) is 0 Å². The van der Waals surface area contributed by atoms with E-state index in [1.165, 1.54) is 19.3 Å². The van der Waals surface area contributed by atoms with Gasteiger partial charge in [0.15, 0.2) is 0 Å². The van der Waals surface area contributed by atoms with Gasteiger partial charge < -0.3 is 10.1 Å². The normalized spacial score (nSPS) is 34.8. The van der Waals surface area contributed by atoms with E-state index < -0.39 is 0 Å². The highest BCUT2D eigenvalue weighted by Gasteiger charge is 2.42. The summed E-state index contributed by atoms with van der Waals surface area (Å²) in [7, 11) is 1.66. The van der Waals surface area contributed by atoms with Crippen LogP contribution in [0.15, 0.2) is 0 Å². The Kier molecular flexibility index (Phi) is 3.06. The Balaban J connectivity index is 1.75. The van der Waals surface area contributed by atoms with E-state index in [0.29, 0.717) is 25.0 Å². The summed E-state index contributed by atoms with van der Waals surface area (Å²) in [5.41, 5.74) is 0. The van der Waals surface area contributed by atoms with Gasteiger partial charge in [0.25, 0.3) is 0 Å². The number of nitrogens with one attached hydrogen (secondary N) is 1. The molecular formula is C11H19NO2.